The quantitative estimate of drug-likeness (QED) is 0.278. The molecule has 9 nitrogen and oxygen atoms in total. The monoisotopic (exact) mass is 655 g/mol. The van der Waals surface area contributed by atoms with Crippen LogP contribution in [0, 0.1) is 66.7 Å². The molecule has 0 aliphatic heterocycles. The summed E-state index contributed by atoms with van der Waals surface area (Å²) in [5.41, 5.74) is 10.0. The second-order valence-corrected chi connectivity index (χ2v) is 9.78. The summed E-state index contributed by atoms with van der Waals surface area (Å²) in [6.07, 6.45) is 0.888. The first-order valence-corrected chi connectivity index (χ1v) is 13.5. The number of carbonyl (C=O) groups excluding carboxylic acids is 2. The van der Waals surface area contributed by atoms with Crippen molar-refractivity contribution in [3.05, 3.63) is 103 Å². The first-order valence-electron chi connectivity index (χ1n) is 12.9. The van der Waals surface area contributed by atoms with Crippen molar-refractivity contribution >= 4 is 24.1 Å². The van der Waals surface area contributed by atoms with Gasteiger partial charge in [-0.15, -0.1) is 0 Å². The van der Waals surface area contributed by atoms with Gasteiger partial charge in [-0.2, -0.15) is 0 Å². The Labute approximate surface area is 294 Å². The van der Waals surface area contributed by atoms with Crippen molar-refractivity contribution in [2.24, 2.45) is 0 Å². The topological polar surface area (TPSA) is 167 Å². The molecule has 1 amide bonds. The van der Waals surface area contributed by atoms with Crippen LogP contribution in [0.25, 0.3) is 0 Å². The third kappa shape index (κ3) is 16.2. The van der Waals surface area contributed by atoms with E-state index in [0.29, 0.717) is 28.8 Å². The summed E-state index contributed by atoms with van der Waals surface area (Å²) < 4.78 is 16.5. The predicted octanol–water partition coefficient (Wildman–Crippen LogP) is 2.38. The number of benzene rings is 3. The van der Waals surface area contributed by atoms with Crippen LogP contribution < -0.4 is 44.2 Å². The van der Waals surface area contributed by atoms with E-state index in [9.17, 15) is 19.2 Å². The van der Waals surface area contributed by atoms with E-state index >= 15 is 0 Å². The van der Waals surface area contributed by atoms with Gasteiger partial charge in [-0.1, -0.05) is 14.9 Å². The second kappa shape index (κ2) is 24.2. The van der Waals surface area contributed by atoms with Crippen molar-refractivity contribution in [2.45, 2.75) is 77.2 Å². The van der Waals surface area contributed by atoms with Crippen LogP contribution in [0.2, 0.25) is 0 Å². The fraction of sp³-hybridized carbons (Fsp3) is 0.353. The minimum Gasteiger partial charge on any atom is -0.544 e. The fourth-order valence-corrected chi connectivity index (χ4v) is 3.99. The zero-order valence-corrected chi connectivity index (χ0v) is 29.2. The number of amides is 1. The number of carboxylic acids is 2. The van der Waals surface area contributed by atoms with Gasteiger partial charge in [0, 0.05) is 17.7 Å². The summed E-state index contributed by atoms with van der Waals surface area (Å²) in [6, 6.07) is 10.4. The average Bonchev–Trinajstić information content (AvgIpc) is 2.90. The Balaban J connectivity index is -0.000000264. The average molecular weight is 656 g/mol. The van der Waals surface area contributed by atoms with Crippen LogP contribution >= 0.6 is 0 Å². The number of halogens is 1. The van der Waals surface area contributed by atoms with Crippen LogP contribution in [-0.4, -0.2) is 40.9 Å². The molecule has 0 bridgehead atoms. The Morgan fingerprint density at radius 2 is 1.02 bits per heavy atom. The molecule has 45 heavy (non-hydrogen) atoms. The molecule has 0 aliphatic carbocycles. The van der Waals surface area contributed by atoms with Crippen molar-refractivity contribution in [3.8, 4) is 0 Å². The molecule has 0 fully saturated rings. The molecule has 244 valence electrons. The molecule has 0 unspecified atom stereocenters. The van der Waals surface area contributed by atoms with Crippen molar-refractivity contribution < 1.29 is 79.6 Å². The molecular formula is C34H47ClNNaO8. The van der Waals surface area contributed by atoms with Crippen LogP contribution in [0.3, 0.4) is 0 Å². The molecule has 0 atom stereocenters. The van der Waals surface area contributed by atoms with E-state index in [4.69, 9.17) is 19.5 Å². The first kappa shape index (κ1) is 48.8. The number of hydrogen-bond donors (Lipinski definition) is 3. The van der Waals surface area contributed by atoms with Crippen LogP contribution in [-0.2, 0) is 0 Å². The predicted molar refractivity (Wildman–Crippen MR) is 168 cm³/mol. The molecule has 0 aliphatic rings. The third-order valence-corrected chi connectivity index (χ3v) is 6.61. The van der Waals surface area contributed by atoms with Crippen LogP contribution in [0.15, 0.2) is 36.4 Å². The SMILES string of the molecule is C.C.CCNC(=O)c1cc(C)c(C(=O)O)c(C)c1.Cc1cc(C(=O)O)cc(C)c1C.Cc1cc(C=O)cc(C)c1C.[Na+].[O-][Cl+][O-]. The molecule has 3 N–H and O–H groups in total. The van der Waals surface area contributed by atoms with Gasteiger partial charge in [0.25, 0.3) is 5.91 Å². The molecule has 0 saturated carbocycles. The fourth-order valence-electron chi connectivity index (χ4n) is 3.99. The van der Waals surface area contributed by atoms with Crippen molar-refractivity contribution in [1.29, 1.82) is 0 Å². The maximum Gasteiger partial charge on any atom is 1.00 e. The number of nitrogens with one attached hydrogen (secondary N) is 1. The van der Waals surface area contributed by atoms with Gasteiger partial charge < -0.3 is 24.8 Å². The number of aromatic carboxylic acids is 2. The van der Waals surface area contributed by atoms with Gasteiger partial charge in [-0.3, -0.25) is 9.59 Å². The largest absolute Gasteiger partial charge is 1.00 e. The number of rotatable bonds is 5. The van der Waals surface area contributed by atoms with E-state index < -0.39 is 23.3 Å². The zero-order chi connectivity index (χ0) is 32.7. The third-order valence-electron chi connectivity index (χ3n) is 6.61. The van der Waals surface area contributed by atoms with Crippen LogP contribution in [0.5, 0.6) is 0 Å². The van der Waals surface area contributed by atoms with E-state index in [1.807, 2.05) is 53.7 Å². The minimum atomic E-state index is -0.961. The van der Waals surface area contributed by atoms with Gasteiger partial charge in [0.05, 0.1) is 22.5 Å². The van der Waals surface area contributed by atoms with Crippen LogP contribution in [0.4, 0.5) is 0 Å². The van der Waals surface area contributed by atoms with E-state index in [-0.39, 0.29) is 55.9 Å². The number of aldehydes is 1. The molecule has 3 aromatic carbocycles. The summed E-state index contributed by atoms with van der Waals surface area (Å²) in [4.78, 5) is 43.6. The summed E-state index contributed by atoms with van der Waals surface area (Å²) >= 11 is -0.417. The smallest absolute Gasteiger partial charge is 0.544 e. The van der Waals surface area contributed by atoms with Crippen molar-refractivity contribution in [3.63, 3.8) is 0 Å². The summed E-state index contributed by atoms with van der Waals surface area (Å²) in [7, 11) is 0. The molecule has 0 saturated heterocycles. The number of carbonyl (C=O) groups is 4. The van der Waals surface area contributed by atoms with E-state index in [2.05, 4.69) is 12.2 Å². The maximum absolute atomic E-state index is 11.6. The Morgan fingerprint density at radius 1 is 0.689 bits per heavy atom. The van der Waals surface area contributed by atoms with Crippen molar-refractivity contribution in [1.82, 2.24) is 5.32 Å². The summed E-state index contributed by atoms with van der Waals surface area (Å²) in [6.45, 7) is 17.7. The molecule has 0 radical (unpaired) electrons. The number of carboxylic acid groups (broad SMARTS) is 2. The van der Waals surface area contributed by atoms with Crippen LogP contribution in [0.1, 0.15) is 108 Å². The minimum absolute atomic E-state index is 0. The van der Waals surface area contributed by atoms with Crippen molar-refractivity contribution in [2.75, 3.05) is 6.54 Å². The van der Waals surface area contributed by atoms with Gasteiger partial charge >= 0.3 is 41.5 Å². The Morgan fingerprint density at radius 3 is 1.31 bits per heavy atom. The second-order valence-electron chi connectivity index (χ2n) is 9.65. The molecule has 0 spiro atoms. The Kier molecular flexibility index (Phi) is 26.3. The summed E-state index contributed by atoms with van der Waals surface area (Å²) in [5.74, 6) is -2.00. The molecule has 11 heteroatoms. The van der Waals surface area contributed by atoms with Gasteiger partial charge in [0.2, 0.25) is 0 Å². The molecule has 3 rings (SSSR count). The van der Waals surface area contributed by atoms with Gasteiger partial charge in [-0.25, -0.2) is 9.59 Å². The molecule has 0 aromatic heterocycles. The van der Waals surface area contributed by atoms with E-state index in [0.717, 1.165) is 23.0 Å². The standard InChI is InChI=1S/C12H15NO3.C10H12O2.C10H12O.2CH4.ClO2.Na/c1-4-13-11(14)9-5-7(2)10(12(15)16)8(3)6-9;1-6-4-9(10(11)12)5-7(2)8(6)3;1-7-4-10(6-11)5-8(2)9(7)3;;;2-1-3;/h5-6H,4H2,1-3H3,(H,13,14)(H,15,16);4-5H,1-3H3,(H,11,12);4-6H,1-3H3;2*1H4;;/q;;;;;-1;+1. The number of hydrogen-bond acceptors (Lipinski definition) is 6. The number of aryl methyl sites for hydroxylation is 6. The molecule has 3 aromatic rings. The molecular weight excluding hydrogens is 609 g/mol. The Bertz CT molecular complexity index is 1350. The summed E-state index contributed by atoms with van der Waals surface area (Å²) in [5, 5.41) is 20.4. The first-order chi connectivity index (χ1) is 19.5. The van der Waals surface area contributed by atoms with E-state index in [1.54, 1.807) is 38.1 Å². The zero-order valence-electron chi connectivity index (χ0n) is 26.5. The van der Waals surface area contributed by atoms with Gasteiger partial charge in [-0.05, 0) is 143 Å². The maximum atomic E-state index is 11.6. The van der Waals surface area contributed by atoms with Gasteiger partial charge in [0.1, 0.15) is 6.29 Å². The van der Waals surface area contributed by atoms with E-state index in [1.165, 1.54) is 22.3 Å². The normalized spacial score (nSPS) is 8.96. The van der Waals surface area contributed by atoms with Gasteiger partial charge in [0.15, 0.2) is 0 Å². The Hall–Kier alpha value is -3.05. The molecule has 0 heterocycles.